The zero-order chi connectivity index (χ0) is 10.7. The fourth-order valence-corrected chi connectivity index (χ4v) is 2.54. The summed E-state index contributed by atoms with van der Waals surface area (Å²) in [6.45, 7) is 0. The number of aliphatic hydroxyl groups excluding tert-OH is 1. The first-order valence-corrected chi connectivity index (χ1v) is 5.58. The molecule has 2 atom stereocenters. The number of benzene rings is 1. The van der Waals surface area contributed by atoms with E-state index in [4.69, 9.17) is 4.74 Å². The van der Waals surface area contributed by atoms with E-state index in [9.17, 15) is 5.11 Å². The summed E-state index contributed by atoms with van der Waals surface area (Å²) < 4.78 is 5.63. The Balaban J connectivity index is 2.35. The number of rotatable bonds is 2. The lowest BCUT2D eigenvalue weighted by Crippen LogP contribution is -2.43. The maximum atomic E-state index is 10.1. The van der Waals surface area contributed by atoms with Crippen LogP contribution in [0, 0.1) is 0 Å². The van der Waals surface area contributed by atoms with Gasteiger partial charge < -0.3 is 9.84 Å². The van der Waals surface area contributed by atoms with Crippen molar-refractivity contribution in [3.05, 3.63) is 35.9 Å². The van der Waals surface area contributed by atoms with Gasteiger partial charge in [-0.15, -0.1) is 0 Å². The molecular formula is C13H18O2. The maximum Gasteiger partial charge on any atom is 0.118 e. The summed E-state index contributed by atoms with van der Waals surface area (Å²) in [6, 6.07) is 10.1. The van der Waals surface area contributed by atoms with Crippen LogP contribution in [0.3, 0.4) is 0 Å². The number of ether oxygens (including phenoxy) is 1. The Morgan fingerprint density at radius 3 is 2.60 bits per heavy atom. The molecule has 1 aliphatic carbocycles. The lowest BCUT2D eigenvalue weighted by Gasteiger charge is -2.40. The Hall–Kier alpha value is -0.860. The predicted molar refractivity (Wildman–Crippen MR) is 59.6 cm³/mol. The Bertz CT molecular complexity index is 310. The van der Waals surface area contributed by atoms with Crippen molar-refractivity contribution in [3.63, 3.8) is 0 Å². The van der Waals surface area contributed by atoms with Crippen molar-refractivity contribution in [2.24, 2.45) is 0 Å². The quantitative estimate of drug-likeness (QED) is 0.805. The van der Waals surface area contributed by atoms with Gasteiger partial charge in [-0.2, -0.15) is 0 Å². The van der Waals surface area contributed by atoms with Crippen molar-refractivity contribution in [2.75, 3.05) is 7.11 Å². The zero-order valence-corrected chi connectivity index (χ0v) is 9.15. The number of aliphatic hydroxyl groups is 1. The summed E-state index contributed by atoms with van der Waals surface area (Å²) in [7, 11) is 1.70. The molecular weight excluding hydrogens is 188 g/mol. The average molecular weight is 206 g/mol. The van der Waals surface area contributed by atoms with Gasteiger partial charge in [0.15, 0.2) is 0 Å². The van der Waals surface area contributed by atoms with Gasteiger partial charge in [-0.25, -0.2) is 0 Å². The SMILES string of the molecule is CO[C@@]1(c2ccccc2)CCCC[C@H]1O. The highest BCUT2D eigenvalue weighted by molar-refractivity contribution is 5.24. The third-order valence-corrected chi connectivity index (χ3v) is 3.44. The van der Waals surface area contributed by atoms with Crippen LogP contribution in [0.25, 0.3) is 0 Å². The number of methoxy groups -OCH3 is 1. The second kappa shape index (κ2) is 4.33. The van der Waals surface area contributed by atoms with Crippen LogP contribution in [-0.4, -0.2) is 18.3 Å². The van der Waals surface area contributed by atoms with E-state index in [1.54, 1.807) is 7.11 Å². The Labute approximate surface area is 90.9 Å². The Morgan fingerprint density at radius 2 is 2.00 bits per heavy atom. The van der Waals surface area contributed by atoms with Crippen LogP contribution in [0.5, 0.6) is 0 Å². The van der Waals surface area contributed by atoms with Crippen LogP contribution in [0.4, 0.5) is 0 Å². The van der Waals surface area contributed by atoms with E-state index in [1.807, 2.05) is 30.3 Å². The summed E-state index contributed by atoms with van der Waals surface area (Å²) in [4.78, 5) is 0. The molecule has 0 unspecified atom stereocenters. The van der Waals surface area contributed by atoms with E-state index in [2.05, 4.69) is 0 Å². The summed E-state index contributed by atoms with van der Waals surface area (Å²) in [5.74, 6) is 0. The highest BCUT2D eigenvalue weighted by atomic mass is 16.5. The summed E-state index contributed by atoms with van der Waals surface area (Å²) in [6.07, 6.45) is 3.59. The number of hydrogen-bond acceptors (Lipinski definition) is 2. The van der Waals surface area contributed by atoms with E-state index in [0.717, 1.165) is 31.2 Å². The molecule has 1 fully saturated rings. The normalized spacial score (nSPS) is 31.5. The lowest BCUT2D eigenvalue weighted by atomic mass is 9.77. The van der Waals surface area contributed by atoms with Crippen molar-refractivity contribution < 1.29 is 9.84 Å². The van der Waals surface area contributed by atoms with E-state index in [0.29, 0.717) is 0 Å². The van der Waals surface area contributed by atoms with Crippen LogP contribution in [0.1, 0.15) is 31.2 Å². The molecule has 0 spiro atoms. The molecule has 0 heterocycles. The molecule has 15 heavy (non-hydrogen) atoms. The molecule has 0 bridgehead atoms. The van der Waals surface area contributed by atoms with Crippen molar-refractivity contribution in [2.45, 2.75) is 37.4 Å². The minimum atomic E-state index is -0.473. The molecule has 1 aromatic carbocycles. The molecule has 0 radical (unpaired) electrons. The summed E-state index contributed by atoms with van der Waals surface area (Å²) in [5, 5.41) is 10.1. The monoisotopic (exact) mass is 206 g/mol. The highest BCUT2D eigenvalue weighted by Gasteiger charge is 2.41. The van der Waals surface area contributed by atoms with Crippen LogP contribution in [0.2, 0.25) is 0 Å². The van der Waals surface area contributed by atoms with E-state index in [1.165, 1.54) is 0 Å². The van der Waals surface area contributed by atoms with Crippen LogP contribution < -0.4 is 0 Å². The molecule has 2 rings (SSSR count). The van der Waals surface area contributed by atoms with Crippen molar-refractivity contribution in [1.29, 1.82) is 0 Å². The van der Waals surface area contributed by atoms with Crippen LogP contribution in [-0.2, 0) is 10.3 Å². The van der Waals surface area contributed by atoms with Crippen LogP contribution >= 0.6 is 0 Å². The second-order valence-electron chi connectivity index (χ2n) is 4.22. The largest absolute Gasteiger partial charge is 0.390 e. The molecule has 2 heteroatoms. The van der Waals surface area contributed by atoms with Gasteiger partial charge in [0.05, 0.1) is 6.10 Å². The lowest BCUT2D eigenvalue weighted by molar-refractivity contribution is -0.131. The van der Waals surface area contributed by atoms with Crippen molar-refractivity contribution >= 4 is 0 Å². The van der Waals surface area contributed by atoms with Gasteiger partial charge in [0, 0.05) is 7.11 Å². The van der Waals surface area contributed by atoms with Gasteiger partial charge in [0.2, 0.25) is 0 Å². The fourth-order valence-electron chi connectivity index (χ4n) is 2.54. The first-order chi connectivity index (χ1) is 7.29. The van der Waals surface area contributed by atoms with E-state index in [-0.39, 0.29) is 6.10 Å². The summed E-state index contributed by atoms with van der Waals surface area (Å²) >= 11 is 0. The highest BCUT2D eigenvalue weighted by Crippen LogP contribution is 2.39. The Kier molecular flexibility index (Phi) is 3.08. The zero-order valence-electron chi connectivity index (χ0n) is 9.15. The maximum absolute atomic E-state index is 10.1. The van der Waals surface area contributed by atoms with Gasteiger partial charge >= 0.3 is 0 Å². The smallest absolute Gasteiger partial charge is 0.118 e. The van der Waals surface area contributed by atoms with E-state index < -0.39 is 5.60 Å². The van der Waals surface area contributed by atoms with Crippen molar-refractivity contribution in [3.8, 4) is 0 Å². The van der Waals surface area contributed by atoms with Crippen LogP contribution in [0.15, 0.2) is 30.3 Å². The third-order valence-electron chi connectivity index (χ3n) is 3.44. The molecule has 1 N–H and O–H groups in total. The van der Waals surface area contributed by atoms with Crippen molar-refractivity contribution in [1.82, 2.24) is 0 Å². The minimum absolute atomic E-state index is 0.376. The van der Waals surface area contributed by atoms with Gasteiger partial charge in [0.25, 0.3) is 0 Å². The third kappa shape index (κ3) is 1.80. The standard InChI is InChI=1S/C13H18O2/c1-15-13(10-6-5-9-12(13)14)11-7-3-2-4-8-11/h2-4,7-8,12,14H,5-6,9-10H2,1H3/t12-,13-/m1/s1. The topological polar surface area (TPSA) is 29.5 Å². The van der Waals surface area contributed by atoms with Gasteiger partial charge in [-0.3, -0.25) is 0 Å². The minimum Gasteiger partial charge on any atom is -0.390 e. The molecule has 82 valence electrons. The summed E-state index contributed by atoms with van der Waals surface area (Å²) in [5.41, 5.74) is 0.624. The average Bonchev–Trinajstić information content (AvgIpc) is 2.31. The molecule has 1 saturated carbocycles. The Morgan fingerprint density at radius 1 is 1.27 bits per heavy atom. The fraction of sp³-hybridized carbons (Fsp3) is 0.538. The molecule has 0 amide bonds. The van der Waals surface area contributed by atoms with Gasteiger partial charge in [0.1, 0.15) is 5.60 Å². The molecule has 0 saturated heterocycles. The predicted octanol–water partition coefficient (Wildman–Crippen LogP) is 2.46. The molecule has 0 aliphatic heterocycles. The first-order valence-electron chi connectivity index (χ1n) is 5.58. The molecule has 0 aromatic heterocycles. The van der Waals surface area contributed by atoms with Gasteiger partial charge in [-0.1, -0.05) is 43.2 Å². The molecule has 1 aromatic rings. The number of hydrogen-bond donors (Lipinski definition) is 1. The van der Waals surface area contributed by atoms with Gasteiger partial charge in [-0.05, 0) is 18.4 Å². The molecule has 1 aliphatic rings. The second-order valence-corrected chi connectivity index (χ2v) is 4.22. The first kappa shape index (κ1) is 10.7. The molecule has 2 nitrogen and oxygen atoms in total. The van der Waals surface area contributed by atoms with E-state index >= 15 is 0 Å².